The van der Waals surface area contributed by atoms with Crippen LogP contribution in [0.3, 0.4) is 0 Å². The number of hydrogen-bond acceptors (Lipinski definition) is 5. The summed E-state index contributed by atoms with van der Waals surface area (Å²) in [5, 5.41) is 12.1. The lowest BCUT2D eigenvalue weighted by molar-refractivity contribution is -0.0909. The van der Waals surface area contributed by atoms with Gasteiger partial charge in [-0.2, -0.15) is 13.2 Å². The minimum Gasteiger partial charge on any atom is -0.444 e. The van der Waals surface area contributed by atoms with E-state index in [2.05, 4.69) is 10.3 Å². The lowest BCUT2D eigenvalue weighted by Crippen LogP contribution is -2.31. The van der Waals surface area contributed by atoms with Gasteiger partial charge in [0.25, 0.3) is 0 Å². The largest absolute Gasteiger partial charge is 0.444 e. The van der Waals surface area contributed by atoms with Gasteiger partial charge in [-0.1, -0.05) is 36.4 Å². The Morgan fingerprint density at radius 1 is 1.07 bits per heavy atom. The average Bonchev–Trinajstić information content (AvgIpc) is 2.74. The third kappa shape index (κ3) is 5.13. The average molecular weight is 414 g/mol. The molecule has 9 heteroatoms. The molecule has 0 saturated heterocycles. The van der Waals surface area contributed by atoms with Crippen LogP contribution in [0.1, 0.15) is 5.56 Å². The van der Waals surface area contributed by atoms with Crippen molar-refractivity contribution in [3.05, 3.63) is 83.8 Å². The minimum atomic E-state index is -4.87. The number of alkyl halides is 3. The Hall–Kier alpha value is -3.88. The molecule has 0 aliphatic rings. The number of halogens is 3. The topological polar surface area (TPSA) is 87.1 Å². The van der Waals surface area contributed by atoms with Gasteiger partial charge in [0, 0.05) is 23.5 Å². The molecule has 2 aromatic carbocycles. The second kappa shape index (κ2) is 9.08. The van der Waals surface area contributed by atoms with E-state index in [4.69, 9.17) is 10.1 Å². The number of benzene rings is 2. The molecule has 3 aromatic rings. The van der Waals surface area contributed by atoms with Gasteiger partial charge in [-0.05, 0) is 29.8 Å². The van der Waals surface area contributed by atoms with Crippen LogP contribution in [0.2, 0.25) is 0 Å². The first kappa shape index (κ1) is 20.8. The Bertz CT molecular complexity index is 1080. The van der Waals surface area contributed by atoms with Crippen molar-refractivity contribution in [1.29, 1.82) is 5.41 Å². The molecular weight excluding hydrogens is 397 g/mol. The molecule has 3 rings (SSSR count). The predicted octanol–water partition coefficient (Wildman–Crippen LogP) is 5.00. The maximum Gasteiger partial charge on any atom is 0.433 e. The summed E-state index contributed by atoms with van der Waals surface area (Å²) in [6, 6.07) is 16.6. The summed E-state index contributed by atoms with van der Waals surface area (Å²) in [4.78, 5) is 16.1. The van der Waals surface area contributed by atoms with Crippen molar-refractivity contribution in [2.75, 3.05) is 5.32 Å². The SMILES string of the molecule is N=C/C(NC(=O)OCc1ccccc1)=C(\Nc1cccc2ncccc12)C(F)(F)F. The fourth-order valence-electron chi connectivity index (χ4n) is 2.68. The number of fused-ring (bicyclic) bond motifs is 1. The number of anilines is 1. The number of amides is 1. The number of carbonyl (C=O) groups is 1. The van der Waals surface area contributed by atoms with Gasteiger partial charge in [0.05, 0.1) is 11.2 Å². The van der Waals surface area contributed by atoms with Crippen molar-refractivity contribution in [3.63, 3.8) is 0 Å². The molecule has 0 spiro atoms. The highest BCUT2D eigenvalue weighted by Gasteiger charge is 2.37. The molecule has 0 aliphatic heterocycles. The second-order valence-electron chi connectivity index (χ2n) is 6.12. The molecule has 1 amide bonds. The van der Waals surface area contributed by atoms with Gasteiger partial charge in [0.2, 0.25) is 0 Å². The molecule has 3 N–H and O–H groups in total. The van der Waals surface area contributed by atoms with Gasteiger partial charge in [-0.15, -0.1) is 0 Å². The molecule has 0 bridgehead atoms. The second-order valence-corrected chi connectivity index (χ2v) is 6.12. The van der Waals surface area contributed by atoms with Crippen molar-refractivity contribution < 1.29 is 22.7 Å². The van der Waals surface area contributed by atoms with E-state index in [0.717, 1.165) is 0 Å². The van der Waals surface area contributed by atoms with Gasteiger partial charge in [-0.3, -0.25) is 10.3 Å². The Morgan fingerprint density at radius 2 is 1.83 bits per heavy atom. The zero-order valence-corrected chi connectivity index (χ0v) is 15.5. The minimum absolute atomic E-state index is 0.123. The molecule has 6 nitrogen and oxygen atoms in total. The summed E-state index contributed by atoms with van der Waals surface area (Å²) >= 11 is 0. The maximum absolute atomic E-state index is 13.7. The normalized spacial score (nSPS) is 12.1. The first-order valence-corrected chi connectivity index (χ1v) is 8.79. The number of rotatable bonds is 6. The Kier molecular flexibility index (Phi) is 6.31. The molecule has 0 atom stereocenters. The molecule has 1 aromatic heterocycles. The molecule has 0 fully saturated rings. The molecule has 1 heterocycles. The number of pyridine rings is 1. The number of carbonyl (C=O) groups excluding carboxylic acids is 1. The molecule has 30 heavy (non-hydrogen) atoms. The lowest BCUT2D eigenvalue weighted by Gasteiger charge is -2.19. The Morgan fingerprint density at radius 3 is 2.53 bits per heavy atom. The van der Waals surface area contributed by atoms with E-state index in [1.165, 1.54) is 12.3 Å². The standard InChI is InChI=1S/C21H17F3N4O2/c22-21(23,24)19(27-17-10-4-9-16-15(17)8-5-11-26-16)18(12-25)28-20(29)30-13-14-6-2-1-3-7-14/h1-12,25,27H,13H2,(H,28,29)/b19-18+,25-12?. The van der Waals surface area contributed by atoms with Crippen molar-refractivity contribution in [2.45, 2.75) is 12.8 Å². The fraction of sp³-hybridized carbons (Fsp3) is 0.0952. The number of nitrogens with one attached hydrogen (secondary N) is 3. The van der Waals surface area contributed by atoms with Crippen LogP contribution in [-0.4, -0.2) is 23.5 Å². The molecule has 154 valence electrons. The van der Waals surface area contributed by atoms with Crippen molar-refractivity contribution in [3.8, 4) is 0 Å². The molecule has 0 unspecified atom stereocenters. The van der Waals surface area contributed by atoms with E-state index in [9.17, 15) is 18.0 Å². The molecular formula is C21H17F3N4O2. The van der Waals surface area contributed by atoms with Crippen LogP contribution >= 0.6 is 0 Å². The Labute approximate surface area is 169 Å². The van der Waals surface area contributed by atoms with E-state index in [1.807, 2.05) is 5.32 Å². The highest BCUT2D eigenvalue weighted by molar-refractivity contribution is 5.93. The molecule has 0 saturated carbocycles. The van der Waals surface area contributed by atoms with E-state index < -0.39 is 23.7 Å². The number of ether oxygens (including phenoxy) is 1. The monoisotopic (exact) mass is 414 g/mol. The third-order valence-corrected chi connectivity index (χ3v) is 4.05. The van der Waals surface area contributed by atoms with Crippen molar-refractivity contribution in [2.24, 2.45) is 0 Å². The summed E-state index contributed by atoms with van der Waals surface area (Å²) in [7, 11) is 0. The summed E-state index contributed by atoms with van der Waals surface area (Å²) in [6.07, 6.45) is -4.05. The first-order chi connectivity index (χ1) is 14.4. The zero-order chi connectivity index (χ0) is 21.6. The van der Waals surface area contributed by atoms with Gasteiger partial charge in [0.1, 0.15) is 12.3 Å². The lowest BCUT2D eigenvalue weighted by atomic mass is 10.1. The number of nitrogens with zero attached hydrogens (tertiary/aromatic N) is 1. The number of aromatic nitrogens is 1. The number of alkyl carbamates (subject to hydrolysis) is 1. The quantitative estimate of drug-likeness (QED) is 0.496. The molecule has 0 radical (unpaired) electrons. The van der Waals surface area contributed by atoms with E-state index in [0.29, 0.717) is 22.7 Å². The van der Waals surface area contributed by atoms with Crippen LogP contribution in [0.4, 0.5) is 23.7 Å². The van der Waals surface area contributed by atoms with Crippen molar-refractivity contribution in [1.82, 2.24) is 10.3 Å². The number of allylic oxidation sites excluding steroid dienone is 2. The number of hydrogen-bond donors (Lipinski definition) is 3. The van der Waals surface area contributed by atoms with E-state index in [-0.39, 0.29) is 12.3 Å². The third-order valence-electron chi connectivity index (χ3n) is 4.05. The summed E-state index contributed by atoms with van der Waals surface area (Å²) in [6.45, 7) is -0.123. The van der Waals surface area contributed by atoms with Crippen LogP contribution in [0.25, 0.3) is 10.9 Å². The van der Waals surface area contributed by atoms with Crippen LogP contribution in [0.5, 0.6) is 0 Å². The predicted molar refractivity (Wildman–Crippen MR) is 107 cm³/mol. The van der Waals surface area contributed by atoms with Gasteiger partial charge < -0.3 is 15.5 Å². The van der Waals surface area contributed by atoms with Crippen molar-refractivity contribution >= 4 is 28.9 Å². The summed E-state index contributed by atoms with van der Waals surface area (Å²) < 4.78 is 46.1. The van der Waals surface area contributed by atoms with Gasteiger partial charge in [0.15, 0.2) is 0 Å². The first-order valence-electron chi connectivity index (χ1n) is 8.79. The van der Waals surface area contributed by atoms with Crippen LogP contribution in [-0.2, 0) is 11.3 Å². The van der Waals surface area contributed by atoms with Gasteiger partial charge in [-0.25, -0.2) is 4.79 Å². The van der Waals surface area contributed by atoms with Crippen LogP contribution in [0.15, 0.2) is 78.3 Å². The summed E-state index contributed by atoms with van der Waals surface area (Å²) in [5.41, 5.74) is -0.778. The highest BCUT2D eigenvalue weighted by Crippen LogP contribution is 2.31. The molecule has 0 aliphatic carbocycles. The Balaban J connectivity index is 1.85. The highest BCUT2D eigenvalue weighted by atomic mass is 19.4. The van der Waals surface area contributed by atoms with E-state index >= 15 is 0 Å². The maximum atomic E-state index is 13.7. The zero-order valence-electron chi connectivity index (χ0n) is 15.5. The van der Waals surface area contributed by atoms with E-state index in [1.54, 1.807) is 54.6 Å². The van der Waals surface area contributed by atoms with Crippen LogP contribution < -0.4 is 10.6 Å². The van der Waals surface area contributed by atoms with Gasteiger partial charge >= 0.3 is 12.3 Å². The van der Waals surface area contributed by atoms with Crippen LogP contribution in [0, 0.1) is 5.41 Å². The summed E-state index contributed by atoms with van der Waals surface area (Å²) in [5.74, 6) is 0. The fourth-order valence-corrected chi connectivity index (χ4v) is 2.68. The smallest absolute Gasteiger partial charge is 0.433 e.